The summed E-state index contributed by atoms with van der Waals surface area (Å²) in [6.45, 7) is 4.03. The Kier molecular flexibility index (Phi) is 7.94. The number of ether oxygens (including phenoxy) is 2. The number of benzene rings is 1. The van der Waals surface area contributed by atoms with Crippen LogP contribution in [-0.2, 0) is 14.3 Å². The van der Waals surface area contributed by atoms with Gasteiger partial charge in [-0.1, -0.05) is 25.8 Å². The van der Waals surface area contributed by atoms with Crippen molar-refractivity contribution in [1.29, 1.82) is 0 Å². The Balaban J connectivity index is 2.44. The molecule has 116 valence electrons. The number of unbranched alkanes of at least 4 members (excludes halogenated alkanes) is 2. The molecule has 0 fully saturated rings. The molecule has 0 atom stereocenters. The number of hydrogen-bond acceptors (Lipinski definition) is 4. The van der Waals surface area contributed by atoms with Crippen LogP contribution in [0.15, 0.2) is 24.3 Å². The molecule has 5 nitrogen and oxygen atoms in total. The summed E-state index contributed by atoms with van der Waals surface area (Å²) in [4.78, 5) is 22.9. The van der Waals surface area contributed by atoms with Crippen LogP contribution in [0.4, 0.5) is 5.69 Å². The molecule has 1 aromatic carbocycles. The van der Waals surface area contributed by atoms with Crippen LogP contribution in [0.2, 0.25) is 0 Å². The summed E-state index contributed by atoms with van der Waals surface area (Å²) in [7, 11) is 0. The lowest BCUT2D eigenvalue weighted by Crippen LogP contribution is -2.15. The average molecular weight is 293 g/mol. The van der Waals surface area contributed by atoms with E-state index in [9.17, 15) is 9.59 Å². The van der Waals surface area contributed by atoms with Gasteiger partial charge in [-0.15, -0.1) is 0 Å². The Morgan fingerprint density at radius 2 is 2.00 bits per heavy atom. The molecular weight excluding hydrogens is 270 g/mol. The fraction of sp³-hybridized carbons (Fsp3) is 0.500. The molecule has 0 aliphatic heterocycles. The zero-order valence-corrected chi connectivity index (χ0v) is 12.7. The summed E-state index contributed by atoms with van der Waals surface area (Å²) in [5, 5.41) is 2.82. The Morgan fingerprint density at radius 1 is 1.19 bits per heavy atom. The lowest BCUT2D eigenvalue weighted by Gasteiger charge is -2.09. The van der Waals surface area contributed by atoms with E-state index in [0.717, 1.165) is 19.3 Å². The molecule has 0 aliphatic carbocycles. The standard InChI is InChI=1S/C16H23NO4/c1-3-5-6-10-15(18)17-13-8-7-9-14(11-13)21-12-16(19)20-4-2/h7-9,11H,3-6,10,12H2,1-2H3,(H,17,18). The average Bonchev–Trinajstić information content (AvgIpc) is 2.46. The van der Waals surface area contributed by atoms with Crippen LogP contribution in [-0.4, -0.2) is 25.1 Å². The van der Waals surface area contributed by atoms with E-state index in [-0.39, 0.29) is 12.5 Å². The summed E-state index contributed by atoms with van der Waals surface area (Å²) in [5.41, 5.74) is 0.665. The minimum Gasteiger partial charge on any atom is -0.482 e. The summed E-state index contributed by atoms with van der Waals surface area (Å²) in [6.07, 6.45) is 3.55. The number of carbonyl (C=O) groups excluding carboxylic acids is 2. The minimum atomic E-state index is -0.411. The first-order chi connectivity index (χ1) is 10.2. The normalized spacial score (nSPS) is 10.0. The number of carbonyl (C=O) groups is 2. The fourth-order valence-corrected chi connectivity index (χ4v) is 1.77. The predicted octanol–water partition coefficient (Wildman–Crippen LogP) is 3.15. The summed E-state index contributed by atoms with van der Waals surface area (Å²) in [6, 6.07) is 6.97. The summed E-state index contributed by atoms with van der Waals surface area (Å²) >= 11 is 0. The largest absolute Gasteiger partial charge is 0.482 e. The highest BCUT2D eigenvalue weighted by Gasteiger charge is 2.05. The Morgan fingerprint density at radius 3 is 2.71 bits per heavy atom. The van der Waals surface area contributed by atoms with Gasteiger partial charge in [0.1, 0.15) is 5.75 Å². The van der Waals surface area contributed by atoms with Gasteiger partial charge in [0.2, 0.25) is 5.91 Å². The van der Waals surface area contributed by atoms with Crippen LogP contribution in [0.1, 0.15) is 39.5 Å². The third kappa shape index (κ3) is 7.34. The number of esters is 1. The topological polar surface area (TPSA) is 64.6 Å². The van der Waals surface area contributed by atoms with Crippen LogP contribution in [0.5, 0.6) is 5.75 Å². The van der Waals surface area contributed by atoms with Crippen molar-refractivity contribution in [2.75, 3.05) is 18.5 Å². The highest BCUT2D eigenvalue weighted by molar-refractivity contribution is 5.90. The van der Waals surface area contributed by atoms with Gasteiger partial charge in [-0.3, -0.25) is 4.79 Å². The van der Waals surface area contributed by atoms with Crippen molar-refractivity contribution >= 4 is 17.6 Å². The SMILES string of the molecule is CCCCCC(=O)Nc1cccc(OCC(=O)OCC)c1. The quantitative estimate of drug-likeness (QED) is 0.561. The molecular formula is C16H23NO4. The van der Waals surface area contributed by atoms with Crippen LogP contribution in [0.25, 0.3) is 0 Å². The molecule has 1 N–H and O–H groups in total. The monoisotopic (exact) mass is 293 g/mol. The van der Waals surface area contributed by atoms with Gasteiger partial charge in [-0.05, 0) is 25.5 Å². The smallest absolute Gasteiger partial charge is 0.344 e. The van der Waals surface area contributed by atoms with Crippen molar-refractivity contribution < 1.29 is 19.1 Å². The minimum absolute atomic E-state index is 0.00834. The van der Waals surface area contributed by atoms with E-state index in [1.165, 1.54) is 0 Å². The zero-order valence-electron chi connectivity index (χ0n) is 12.7. The van der Waals surface area contributed by atoms with E-state index in [1.807, 2.05) is 0 Å². The number of hydrogen-bond donors (Lipinski definition) is 1. The second-order valence-electron chi connectivity index (χ2n) is 4.63. The lowest BCUT2D eigenvalue weighted by molar-refractivity contribution is -0.145. The van der Waals surface area contributed by atoms with Crippen LogP contribution in [0.3, 0.4) is 0 Å². The van der Waals surface area contributed by atoms with Crippen LogP contribution < -0.4 is 10.1 Å². The molecule has 0 heterocycles. The second-order valence-corrected chi connectivity index (χ2v) is 4.63. The van der Waals surface area contributed by atoms with Crippen LogP contribution in [0, 0.1) is 0 Å². The zero-order chi connectivity index (χ0) is 15.5. The van der Waals surface area contributed by atoms with Crippen molar-refractivity contribution in [3.63, 3.8) is 0 Å². The van der Waals surface area contributed by atoms with E-state index < -0.39 is 5.97 Å². The highest BCUT2D eigenvalue weighted by atomic mass is 16.6. The van der Waals surface area contributed by atoms with Gasteiger partial charge in [-0.2, -0.15) is 0 Å². The fourth-order valence-electron chi connectivity index (χ4n) is 1.77. The molecule has 0 aromatic heterocycles. The molecule has 0 aliphatic rings. The predicted molar refractivity (Wildman–Crippen MR) is 81.3 cm³/mol. The summed E-state index contributed by atoms with van der Waals surface area (Å²) in [5.74, 6) is 0.104. The molecule has 0 spiro atoms. The van der Waals surface area contributed by atoms with Crippen molar-refractivity contribution in [3.8, 4) is 5.75 Å². The summed E-state index contributed by atoms with van der Waals surface area (Å²) < 4.78 is 10.1. The van der Waals surface area contributed by atoms with E-state index >= 15 is 0 Å². The molecule has 1 rings (SSSR count). The van der Waals surface area contributed by atoms with Gasteiger partial charge in [0.05, 0.1) is 6.61 Å². The van der Waals surface area contributed by atoms with Gasteiger partial charge in [0.15, 0.2) is 6.61 Å². The second kappa shape index (κ2) is 9.80. The van der Waals surface area contributed by atoms with Gasteiger partial charge >= 0.3 is 5.97 Å². The third-order valence-corrected chi connectivity index (χ3v) is 2.79. The maximum Gasteiger partial charge on any atom is 0.344 e. The van der Waals surface area contributed by atoms with Gasteiger partial charge in [-0.25, -0.2) is 4.79 Å². The lowest BCUT2D eigenvalue weighted by atomic mass is 10.2. The molecule has 0 radical (unpaired) electrons. The van der Waals surface area contributed by atoms with Crippen LogP contribution >= 0.6 is 0 Å². The first kappa shape index (κ1) is 17.0. The number of nitrogens with one attached hydrogen (secondary N) is 1. The van der Waals surface area contributed by atoms with Gasteiger partial charge < -0.3 is 14.8 Å². The number of anilines is 1. The Hall–Kier alpha value is -2.04. The Labute approximate surface area is 125 Å². The van der Waals surface area contributed by atoms with Crippen molar-refractivity contribution in [2.45, 2.75) is 39.5 Å². The highest BCUT2D eigenvalue weighted by Crippen LogP contribution is 2.17. The maximum absolute atomic E-state index is 11.7. The first-order valence-electron chi connectivity index (χ1n) is 7.34. The molecule has 21 heavy (non-hydrogen) atoms. The van der Waals surface area contributed by atoms with E-state index in [1.54, 1.807) is 31.2 Å². The molecule has 0 bridgehead atoms. The van der Waals surface area contributed by atoms with E-state index in [4.69, 9.17) is 9.47 Å². The molecule has 0 saturated heterocycles. The van der Waals surface area contributed by atoms with Gasteiger partial charge in [0.25, 0.3) is 0 Å². The van der Waals surface area contributed by atoms with Gasteiger partial charge in [0, 0.05) is 18.2 Å². The Bertz CT molecular complexity index is 459. The maximum atomic E-state index is 11.7. The van der Waals surface area contributed by atoms with Crippen molar-refractivity contribution in [3.05, 3.63) is 24.3 Å². The third-order valence-electron chi connectivity index (χ3n) is 2.79. The molecule has 0 saturated carbocycles. The van der Waals surface area contributed by atoms with E-state index in [2.05, 4.69) is 12.2 Å². The van der Waals surface area contributed by atoms with Crippen molar-refractivity contribution in [1.82, 2.24) is 0 Å². The first-order valence-corrected chi connectivity index (χ1v) is 7.34. The van der Waals surface area contributed by atoms with E-state index in [0.29, 0.717) is 24.5 Å². The number of amides is 1. The van der Waals surface area contributed by atoms with Crippen molar-refractivity contribution in [2.24, 2.45) is 0 Å². The molecule has 0 unspecified atom stereocenters. The molecule has 1 aromatic rings. The molecule has 1 amide bonds. The molecule has 5 heteroatoms. The number of rotatable bonds is 9.